The molecular formula is C10H12Br2O3. The fourth-order valence-electron chi connectivity index (χ4n) is 1.67. The van der Waals surface area contributed by atoms with Gasteiger partial charge in [-0.25, -0.2) is 0 Å². The molecule has 3 nitrogen and oxygen atoms in total. The highest BCUT2D eigenvalue weighted by Gasteiger charge is 2.47. The maximum Gasteiger partial charge on any atom is 0.200 e. The summed E-state index contributed by atoms with van der Waals surface area (Å²) >= 11 is 7.03. The van der Waals surface area contributed by atoms with E-state index >= 15 is 0 Å². The minimum absolute atomic E-state index is 0.0866. The number of hydrogen-bond acceptors (Lipinski definition) is 3. The Morgan fingerprint density at radius 2 is 1.47 bits per heavy atom. The zero-order valence-corrected chi connectivity index (χ0v) is 11.1. The van der Waals surface area contributed by atoms with E-state index in [-0.39, 0.29) is 9.65 Å². The molecule has 5 heteroatoms. The minimum Gasteiger partial charge on any atom is -0.385 e. The average molecular weight is 340 g/mol. The summed E-state index contributed by atoms with van der Waals surface area (Å²) in [6.45, 7) is 1.18. The van der Waals surface area contributed by atoms with Gasteiger partial charge in [0.1, 0.15) is 0 Å². The molecule has 1 saturated heterocycles. The summed E-state index contributed by atoms with van der Waals surface area (Å²) < 4.78 is 11.4. The highest BCUT2D eigenvalue weighted by molar-refractivity contribution is 9.10. The molecule has 1 N–H and O–H groups in total. The first kappa shape index (κ1) is 11.8. The summed E-state index contributed by atoms with van der Waals surface area (Å²) in [6, 6.07) is 0. The van der Waals surface area contributed by atoms with Crippen molar-refractivity contribution in [3.05, 3.63) is 24.3 Å². The maximum absolute atomic E-state index is 9.48. The van der Waals surface area contributed by atoms with Crippen LogP contribution in [0.1, 0.15) is 0 Å². The minimum atomic E-state index is -0.701. The lowest BCUT2D eigenvalue weighted by Crippen LogP contribution is -2.47. The second kappa shape index (κ2) is 4.67. The predicted molar refractivity (Wildman–Crippen MR) is 64.4 cm³/mol. The molecule has 1 aliphatic carbocycles. The molecule has 1 heterocycles. The molecule has 1 fully saturated rings. The molecule has 0 aromatic rings. The summed E-state index contributed by atoms with van der Waals surface area (Å²) in [7, 11) is 0. The van der Waals surface area contributed by atoms with Crippen molar-refractivity contribution in [3.63, 3.8) is 0 Å². The number of aliphatic hydroxyl groups excluding tert-OH is 1. The normalized spacial score (nSPS) is 39.9. The summed E-state index contributed by atoms with van der Waals surface area (Å²) in [5, 5.41) is 9.48. The second-order valence-electron chi connectivity index (χ2n) is 3.48. The fraction of sp³-hybridized carbons (Fsp3) is 0.600. The molecular weight excluding hydrogens is 328 g/mol. The molecule has 0 aromatic heterocycles. The Hall–Kier alpha value is 0.320. The van der Waals surface area contributed by atoms with Gasteiger partial charge in [0, 0.05) is 0 Å². The van der Waals surface area contributed by atoms with Crippen LogP contribution >= 0.6 is 31.9 Å². The van der Waals surface area contributed by atoms with Crippen LogP contribution in [-0.2, 0) is 9.47 Å². The van der Waals surface area contributed by atoms with E-state index in [0.29, 0.717) is 13.2 Å². The quantitative estimate of drug-likeness (QED) is 0.539. The molecule has 0 bridgehead atoms. The van der Waals surface area contributed by atoms with E-state index < -0.39 is 11.9 Å². The van der Waals surface area contributed by atoms with Crippen molar-refractivity contribution in [3.8, 4) is 0 Å². The lowest BCUT2D eigenvalue weighted by atomic mass is 10.0. The summed E-state index contributed by atoms with van der Waals surface area (Å²) in [4.78, 5) is -0.173. The topological polar surface area (TPSA) is 38.7 Å². The number of rotatable bonds is 0. The van der Waals surface area contributed by atoms with Gasteiger partial charge in [0.15, 0.2) is 0 Å². The smallest absolute Gasteiger partial charge is 0.200 e. The highest BCUT2D eigenvalue weighted by Crippen LogP contribution is 2.38. The van der Waals surface area contributed by atoms with Crippen LogP contribution in [0, 0.1) is 0 Å². The van der Waals surface area contributed by atoms with Crippen LogP contribution in [-0.4, -0.2) is 39.9 Å². The molecule has 0 radical (unpaired) electrons. The van der Waals surface area contributed by atoms with Crippen molar-refractivity contribution in [2.75, 3.05) is 13.2 Å². The summed E-state index contributed by atoms with van der Waals surface area (Å²) in [6.07, 6.45) is 6.58. The van der Waals surface area contributed by atoms with Gasteiger partial charge in [-0.3, -0.25) is 0 Å². The van der Waals surface area contributed by atoms with Crippen molar-refractivity contribution in [1.29, 1.82) is 0 Å². The molecule has 84 valence electrons. The van der Waals surface area contributed by atoms with E-state index in [4.69, 9.17) is 9.47 Å². The molecule has 0 unspecified atom stereocenters. The molecule has 0 aromatic carbocycles. The zero-order chi connectivity index (χ0) is 10.9. The molecule has 0 amide bonds. The van der Waals surface area contributed by atoms with E-state index in [9.17, 15) is 5.11 Å². The highest BCUT2D eigenvalue weighted by atomic mass is 79.9. The van der Waals surface area contributed by atoms with Crippen LogP contribution in [0.5, 0.6) is 0 Å². The van der Waals surface area contributed by atoms with Gasteiger partial charge in [0.25, 0.3) is 0 Å². The number of aliphatic hydroxyl groups is 1. The Balaban J connectivity index is 2.28. The van der Waals surface area contributed by atoms with Crippen LogP contribution in [0.25, 0.3) is 0 Å². The standard InChI is InChI=1S/C10H12Br2O3/c11-8-3-1-7(13)2-4-9(12)10(8)14-5-6-15-10/h1-4,7-9,13H,5-6H2/b3-1-,4-2-/t8-,9-/m0/s1. The summed E-state index contributed by atoms with van der Waals surface area (Å²) in [5.74, 6) is -0.701. The van der Waals surface area contributed by atoms with Crippen molar-refractivity contribution in [1.82, 2.24) is 0 Å². The third kappa shape index (κ3) is 2.22. The lowest BCUT2D eigenvalue weighted by Gasteiger charge is -2.34. The monoisotopic (exact) mass is 338 g/mol. The Morgan fingerprint density at radius 1 is 1.00 bits per heavy atom. The van der Waals surface area contributed by atoms with Gasteiger partial charge in [-0.2, -0.15) is 0 Å². The van der Waals surface area contributed by atoms with Gasteiger partial charge in [-0.15, -0.1) is 0 Å². The van der Waals surface area contributed by atoms with E-state index in [2.05, 4.69) is 31.9 Å². The Labute approximate surface area is 105 Å². The fourth-order valence-corrected chi connectivity index (χ4v) is 3.48. The Bertz CT molecular complexity index is 262. The molecule has 0 saturated carbocycles. The van der Waals surface area contributed by atoms with Crippen molar-refractivity contribution >= 4 is 31.9 Å². The van der Waals surface area contributed by atoms with Crippen LogP contribution < -0.4 is 0 Å². The van der Waals surface area contributed by atoms with E-state index in [1.54, 1.807) is 12.2 Å². The van der Waals surface area contributed by atoms with Crippen LogP contribution in [0.4, 0.5) is 0 Å². The van der Waals surface area contributed by atoms with Crippen molar-refractivity contribution in [2.24, 2.45) is 0 Å². The molecule has 2 aliphatic rings. The lowest BCUT2D eigenvalue weighted by molar-refractivity contribution is -0.140. The summed E-state index contributed by atoms with van der Waals surface area (Å²) in [5.41, 5.74) is 0. The number of ether oxygens (including phenoxy) is 2. The SMILES string of the molecule is OC1/C=C\[C@H](Br)C2(OCCO2)[C@@H](Br)/C=C\1. The van der Waals surface area contributed by atoms with Crippen LogP contribution in [0.15, 0.2) is 24.3 Å². The van der Waals surface area contributed by atoms with Crippen LogP contribution in [0.3, 0.4) is 0 Å². The van der Waals surface area contributed by atoms with Gasteiger partial charge >= 0.3 is 0 Å². The largest absolute Gasteiger partial charge is 0.385 e. The number of hydrogen-bond donors (Lipinski definition) is 1. The van der Waals surface area contributed by atoms with Gasteiger partial charge < -0.3 is 14.6 Å². The third-order valence-corrected chi connectivity index (χ3v) is 4.35. The van der Waals surface area contributed by atoms with Crippen molar-refractivity contribution in [2.45, 2.75) is 21.5 Å². The molecule has 1 spiro atoms. The van der Waals surface area contributed by atoms with Gasteiger partial charge in [-0.1, -0.05) is 56.2 Å². The average Bonchev–Trinajstić information content (AvgIpc) is 2.71. The first-order chi connectivity index (χ1) is 7.15. The van der Waals surface area contributed by atoms with Gasteiger partial charge in [-0.05, 0) is 0 Å². The maximum atomic E-state index is 9.48. The second-order valence-corrected chi connectivity index (χ2v) is 5.46. The zero-order valence-electron chi connectivity index (χ0n) is 7.98. The van der Waals surface area contributed by atoms with Gasteiger partial charge in [0.05, 0.1) is 29.0 Å². The Kier molecular flexibility index (Phi) is 3.67. The van der Waals surface area contributed by atoms with Crippen molar-refractivity contribution < 1.29 is 14.6 Å². The van der Waals surface area contributed by atoms with Crippen LogP contribution in [0.2, 0.25) is 0 Å². The molecule has 1 aliphatic heterocycles. The van der Waals surface area contributed by atoms with Gasteiger partial charge in [0.2, 0.25) is 5.79 Å². The molecule has 2 atom stereocenters. The van der Waals surface area contributed by atoms with E-state index in [1.807, 2.05) is 12.2 Å². The number of halogens is 2. The Morgan fingerprint density at radius 3 is 1.93 bits per heavy atom. The van der Waals surface area contributed by atoms with E-state index in [1.165, 1.54) is 0 Å². The predicted octanol–water partition coefficient (Wildman–Crippen LogP) is 1.74. The molecule has 15 heavy (non-hydrogen) atoms. The number of alkyl halides is 2. The first-order valence-corrected chi connectivity index (χ1v) is 6.59. The van der Waals surface area contributed by atoms with E-state index in [0.717, 1.165) is 0 Å². The first-order valence-electron chi connectivity index (χ1n) is 4.76. The molecule has 2 rings (SSSR count). The third-order valence-electron chi connectivity index (χ3n) is 2.46.